The van der Waals surface area contributed by atoms with Gasteiger partial charge < -0.3 is 39.0 Å². The predicted octanol–water partition coefficient (Wildman–Crippen LogP) is 4.30. The number of carbonyl (C=O) groups excluding carboxylic acids is 2. The summed E-state index contributed by atoms with van der Waals surface area (Å²) >= 11 is 0. The molecule has 4 heterocycles. The van der Waals surface area contributed by atoms with Crippen molar-refractivity contribution in [2.24, 2.45) is 11.8 Å². The Hall–Kier alpha value is -3.86. The summed E-state index contributed by atoms with van der Waals surface area (Å²) in [5.74, 6) is 0.208. The number of phosphoric acid groups is 1. The lowest BCUT2D eigenvalue weighted by atomic mass is 10.0. The van der Waals surface area contributed by atoms with Crippen LogP contribution in [0.15, 0.2) is 70.0 Å². The Morgan fingerprint density at radius 3 is 2.58 bits per heavy atom. The van der Waals surface area contributed by atoms with Gasteiger partial charge in [-0.2, -0.15) is 4.31 Å². The van der Waals surface area contributed by atoms with Crippen LogP contribution in [0.5, 0.6) is 0 Å². The molecule has 17 heteroatoms. The van der Waals surface area contributed by atoms with Crippen LogP contribution in [0, 0.1) is 18.8 Å². The molecule has 3 aliphatic rings. The number of hydrogen-bond acceptors (Lipinski definition) is 10. The molecule has 0 aliphatic carbocycles. The summed E-state index contributed by atoms with van der Waals surface area (Å²) in [6.45, 7) is 5.29. The maximum atomic E-state index is 14.5. The molecule has 0 radical (unpaired) electrons. The van der Waals surface area contributed by atoms with Gasteiger partial charge in [-0.1, -0.05) is 44.2 Å². The maximum Gasteiger partial charge on any atom is 0.469 e. The number of nitrogens with zero attached hydrogens (tertiary/aromatic N) is 1. The topological polar surface area (TPSA) is 203 Å². The van der Waals surface area contributed by atoms with E-state index in [1.807, 2.05) is 0 Å². The van der Waals surface area contributed by atoms with Crippen LogP contribution in [0.25, 0.3) is 11.6 Å². The molecule has 280 valence electrons. The Morgan fingerprint density at radius 1 is 1.12 bits per heavy atom. The van der Waals surface area contributed by atoms with E-state index in [0.29, 0.717) is 41.4 Å². The zero-order valence-corrected chi connectivity index (χ0v) is 30.5. The number of amides is 2. The highest BCUT2D eigenvalue weighted by Gasteiger charge is 2.44. The lowest BCUT2D eigenvalue weighted by molar-refractivity contribution is -0.110. The number of alkyl carbamates (subject to hydrolysis) is 1. The Bertz CT molecular complexity index is 1960. The van der Waals surface area contributed by atoms with Crippen LogP contribution in [-0.2, 0) is 44.5 Å². The summed E-state index contributed by atoms with van der Waals surface area (Å²) in [6.07, 6.45) is -1.36. The molecule has 2 saturated heterocycles. The van der Waals surface area contributed by atoms with Crippen molar-refractivity contribution < 1.29 is 55.5 Å². The number of rotatable bonds is 14. The van der Waals surface area contributed by atoms with Gasteiger partial charge in [0.15, 0.2) is 6.29 Å². The summed E-state index contributed by atoms with van der Waals surface area (Å²) in [6, 6.07) is 15.3. The number of nitrogens with one attached hydrogen (secondary N) is 2. The smallest absolute Gasteiger partial charge is 0.462 e. The third-order valence-corrected chi connectivity index (χ3v) is 11.4. The average molecular weight is 760 g/mol. The predicted molar refractivity (Wildman–Crippen MR) is 188 cm³/mol. The standard InChI is InChI=1S/C35H42N3O12PS/c1-21(2)18-38(52(44,45)25-11-12-29-27(17-25)28(33(39)36-29)16-24-10-9-22(3)48-24)19-31(50-51(41,42)43)30(15-23-7-5-4-6-8-23)37-35(40)49-32-20-47-34-26(32)13-14-46-34/h4-12,16-17,21,26,30-32,34H,13-15,18-20H2,1-3H3,(H,36,39)(H,37,40)(H2,41,42,43)/b28-16-/t26?,30-,31+,32?,34?/m0/s1. The van der Waals surface area contributed by atoms with Crippen LogP contribution in [0.4, 0.5) is 10.5 Å². The minimum absolute atomic E-state index is 0.0134. The van der Waals surface area contributed by atoms with Gasteiger partial charge in [0.05, 0.1) is 35.6 Å². The third kappa shape index (κ3) is 9.01. The molecule has 4 N–H and O–H groups in total. The summed E-state index contributed by atoms with van der Waals surface area (Å²) in [7, 11) is -9.66. The van der Waals surface area contributed by atoms with Gasteiger partial charge in [-0.3, -0.25) is 9.32 Å². The maximum absolute atomic E-state index is 14.5. The highest BCUT2D eigenvalue weighted by atomic mass is 32.2. The number of carbonyl (C=O) groups is 2. The van der Waals surface area contributed by atoms with E-state index in [1.54, 1.807) is 63.2 Å². The number of anilines is 1. The lowest BCUT2D eigenvalue weighted by Crippen LogP contribution is -2.52. The van der Waals surface area contributed by atoms with Crippen LogP contribution in [0.3, 0.4) is 0 Å². The zero-order valence-electron chi connectivity index (χ0n) is 28.8. The van der Waals surface area contributed by atoms with E-state index < -0.39 is 60.9 Å². The fourth-order valence-electron chi connectivity index (χ4n) is 6.60. The number of aryl methyl sites for hydroxylation is 1. The first kappa shape index (κ1) is 37.9. The monoisotopic (exact) mass is 759 g/mol. The number of benzene rings is 2. The molecule has 52 heavy (non-hydrogen) atoms. The van der Waals surface area contributed by atoms with Gasteiger partial charge in [-0.05, 0) is 67.7 Å². The highest BCUT2D eigenvalue weighted by molar-refractivity contribution is 7.89. The second-order valence-corrected chi connectivity index (χ2v) is 16.6. The largest absolute Gasteiger partial charge is 0.469 e. The second kappa shape index (κ2) is 15.6. The molecule has 2 fully saturated rings. The molecule has 3 aliphatic heterocycles. The zero-order chi connectivity index (χ0) is 37.2. The molecule has 3 unspecified atom stereocenters. The Kier molecular flexibility index (Phi) is 11.4. The molecule has 0 spiro atoms. The summed E-state index contributed by atoms with van der Waals surface area (Å²) in [4.78, 5) is 46.2. The van der Waals surface area contributed by atoms with Gasteiger partial charge in [0.2, 0.25) is 10.0 Å². The SMILES string of the molecule is Cc1ccc(/C=C2\C(=O)Nc3ccc(S(=O)(=O)N(CC(C)C)C[C@@H](OP(=O)(O)O)[C@H](Cc4ccccc4)NC(=O)OC4COC5OCCC45)cc32)o1. The highest BCUT2D eigenvalue weighted by Crippen LogP contribution is 2.40. The van der Waals surface area contributed by atoms with Crippen LogP contribution in [0.2, 0.25) is 0 Å². The van der Waals surface area contributed by atoms with Crippen molar-refractivity contribution in [3.05, 3.63) is 83.3 Å². The van der Waals surface area contributed by atoms with Crippen molar-refractivity contribution in [1.82, 2.24) is 9.62 Å². The van der Waals surface area contributed by atoms with Crippen LogP contribution >= 0.6 is 7.82 Å². The van der Waals surface area contributed by atoms with Gasteiger partial charge in [0.25, 0.3) is 5.91 Å². The van der Waals surface area contributed by atoms with Crippen molar-refractivity contribution in [3.8, 4) is 0 Å². The van der Waals surface area contributed by atoms with Crippen molar-refractivity contribution in [3.63, 3.8) is 0 Å². The molecule has 0 bridgehead atoms. The number of furan rings is 1. The first-order valence-corrected chi connectivity index (χ1v) is 19.9. The molecule has 2 amide bonds. The van der Waals surface area contributed by atoms with Gasteiger partial charge in [-0.25, -0.2) is 17.8 Å². The van der Waals surface area contributed by atoms with E-state index in [0.717, 1.165) is 4.31 Å². The quantitative estimate of drug-likeness (QED) is 0.134. The summed E-state index contributed by atoms with van der Waals surface area (Å²) in [5, 5.41) is 5.44. The number of fused-ring (bicyclic) bond motifs is 2. The van der Waals surface area contributed by atoms with Crippen molar-refractivity contribution in [2.45, 2.75) is 63.0 Å². The van der Waals surface area contributed by atoms with Gasteiger partial charge in [-0.15, -0.1) is 0 Å². The number of ether oxygens (including phenoxy) is 3. The molecule has 6 rings (SSSR count). The van der Waals surface area contributed by atoms with Crippen LogP contribution < -0.4 is 10.6 Å². The van der Waals surface area contributed by atoms with Gasteiger partial charge in [0, 0.05) is 24.3 Å². The first-order valence-electron chi connectivity index (χ1n) is 16.9. The summed E-state index contributed by atoms with van der Waals surface area (Å²) in [5.41, 5.74) is 1.63. The molecule has 2 aromatic carbocycles. The van der Waals surface area contributed by atoms with Gasteiger partial charge in [0.1, 0.15) is 23.7 Å². The fraction of sp³-hybridized carbons (Fsp3) is 0.429. The number of sulfonamides is 1. The van der Waals surface area contributed by atoms with E-state index >= 15 is 0 Å². The Labute approximate surface area is 301 Å². The molecule has 3 aromatic rings. The molecular formula is C35H42N3O12PS. The van der Waals surface area contributed by atoms with E-state index in [4.69, 9.17) is 23.2 Å². The number of hydrogen-bond donors (Lipinski definition) is 4. The normalized spacial score (nSPS) is 22.0. The third-order valence-electron chi connectivity index (χ3n) is 8.98. The lowest BCUT2D eigenvalue weighted by Gasteiger charge is -2.33. The molecule has 1 aromatic heterocycles. The van der Waals surface area contributed by atoms with Gasteiger partial charge >= 0.3 is 13.9 Å². The van der Waals surface area contributed by atoms with Crippen molar-refractivity contribution in [1.29, 1.82) is 0 Å². The van der Waals surface area contributed by atoms with E-state index in [2.05, 4.69) is 10.6 Å². The summed E-state index contributed by atoms with van der Waals surface area (Å²) < 4.78 is 70.1. The second-order valence-electron chi connectivity index (χ2n) is 13.4. The fourth-order valence-corrected chi connectivity index (χ4v) is 8.81. The molecular weight excluding hydrogens is 717 g/mol. The number of phosphoric ester groups is 1. The molecule has 15 nitrogen and oxygen atoms in total. The minimum Gasteiger partial charge on any atom is -0.462 e. The minimum atomic E-state index is -5.25. The Balaban J connectivity index is 1.32. The van der Waals surface area contributed by atoms with Crippen molar-refractivity contribution >= 4 is 47.2 Å². The van der Waals surface area contributed by atoms with Crippen LogP contribution in [0.1, 0.15) is 42.9 Å². The first-order chi connectivity index (χ1) is 24.7. The van der Waals surface area contributed by atoms with Crippen molar-refractivity contribution in [2.75, 3.05) is 31.6 Å². The average Bonchev–Trinajstić information content (AvgIpc) is 3.86. The molecule has 5 atom stereocenters. The van der Waals surface area contributed by atoms with E-state index in [9.17, 15) is 32.4 Å². The Morgan fingerprint density at radius 2 is 1.88 bits per heavy atom. The van der Waals surface area contributed by atoms with E-state index in [1.165, 1.54) is 24.3 Å². The molecule has 0 saturated carbocycles. The van der Waals surface area contributed by atoms with Crippen LogP contribution in [-0.4, -0.2) is 85.4 Å². The van der Waals surface area contributed by atoms with E-state index in [-0.39, 0.29) is 41.9 Å².